The summed E-state index contributed by atoms with van der Waals surface area (Å²) in [6.45, 7) is 4.41. The molecular formula is C9H18N4. The molecule has 13 heavy (non-hydrogen) atoms. The minimum atomic E-state index is 0.475. The standard InChI is InChI=1S/C9H18N4/c1-7(2)8(10-3)5-9-11-6-12-13(9)4/h6-8,10H,5H2,1-4H3. The summed E-state index contributed by atoms with van der Waals surface area (Å²) in [6.07, 6.45) is 2.53. The second kappa shape index (κ2) is 4.37. The van der Waals surface area contributed by atoms with Crippen molar-refractivity contribution < 1.29 is 0 Å². The number of aryl methyl sites for hydroxylation is 1. The third-order valence-corrected chi connectivity index (χ3v) is 2.38. The summed E-state index contributed by atoms with van der Waals surface area (Å²) in [5.74, 6) is 1.65. The van der Waals surface area contributed by atoms with Crippen molar-refractivity contribution in [2.24, 2.45) is 13.0 Å². The van der Waals surface area contributed by atoms with Crippen molar-refractivity contribution in [3.05, 3.63) is 12.2 Å². The van der Waals surface area contributed by atoms with E-state index in [1.807, 2.05) is 18.8 Å². The second-order valence-corrected chi connectivity index (χ2v) is 3.64. The lowest BCUT2D eigenvalue weighted by Crippen LogP contribution is -2.33. The molecule has 0 amide bonds. The molecule has 0 bridgehead atoms. The van der Waals surface area contributed by atoms with Crippen LogP contribution in [0.4, 0.5) is 0 Å². The number of aromatic nitrogens is 3. The number of hydrogen-bond donors (Lipinski definition) is 1. The Morgan fingerprint density at radius 1 is 1.54 bits per heavy atom. The van der Waals surface area contributed by atoms with Crippen LogP contribution in [0.15, 0.2) is 6.33 Å². The third-order valence-electron chi connectivity index (χ3n) is 2.38. The first-order valence-electron chi connectivity index (χ1n) is 4.65. The average molecular weight is 182 g/mol. The average Bonchev–Trinajstić information content (AvgIpc) is 2.46. The van der Waals surface area contributed by atoms with Gasteiger partial charge in [0.1, 0.15) is 12.2 Å². The van der Waals surface area contributed by atoms with E-state index in [0.29, 0.717) is 12.0 Å². The molecule has 1 aromatic rings. The summed E-state index contributed by atoms with van der Waals surface area (Å²) < 4.78 is 1.83. The highest BCUT2D eigenvalue weighted by Crippen LogP contribution is 2.06. The van der Waals surface area contributed by atoms with E-state index in [9.17, 15) is 0 Å². The van der Waals surface area contributed by atoms with Gasteiger partial charge in [-0.2, -0.15) is 5.10 Å². The molecule has 1 atom stereocenters. The van der Waals surface area contributed by atoms with Crippen LogP contribution >= 0.6 is 0 Å². The van der Waals surface area contributed by atoms with Crippen molar-refractivity contribution in [2.45, 2.75) is 26.3 Å². The highest BCUT2D eigenvalue weighted by Gasteiger charge is 2.13. The van der Waals surface area contributed by atoms with Crippen LogP contribution < -0.4 is 5.32 Å². The molecule has 0 spiro atoms. The maximum absolute atomic E-state index is 4.20. The van der Waals surface area contributed by atoms with Crippen LogP contribution in [-0.4, -0.2) is 27.9 Å². The first-order chi connectivity index (χ1) is 6.15. The minimum Gasteiger partial charge on any atom is -0.316 e. The molecule has 4 nitrogen and oxygen atoms in total. The number of nitrogens with one attached hydrogen (secondary N) is 1. The van der Waals surface area contributed by atoms with Crippen molar-refractivity contribution in [1.29, 1.82) is 0 Å². The van der Waals surface area contributed by atoms with E-state index < -0.39 is 0 Å². The molecule has 4 heteroatoms. The fraction of sp³-hybridized carbons (Fsp3) is 0.778. The van der Waals surface area contributed by atoms with Gasteiger partial charge in [0.25, 0.3) is 0 Å². The molecule has 0 aliphatic carbocycles. The number of likely N-dealkylation sites (N-methyl/N-ethyl adjacent to an activating group) is 1. The van der Waals surface area contributed by atoms with E-state index in [4.69, 9.17) is 0 Å². The van der Waals surface area contributed by atoms with E-state index in [-0.39, 0.29) is 0 Å². The number of rotatable bonds is 4. The predicted molar refractivity (Wildman–Crippen MR) is 52.4 cm³/mol. The van der Waals surface area contributed by atoms with E-state index in [0.717, 1.165) is 12.2 Å². The second-order valence-electron chi connectivity index (χ2n) is 3.64. The molecule has 0 saturated heterocycles. The first kappa shape index (κ1) is 10.2. The molecule has 1 N–H and O–H groups in total. The quantitative estimate of drug-likeness (QED) is 0.741. The molecular weight excluding hydrogens is 164 g/mol. The monoisotopic (exact) mass is 182 g/mol. The largest absolute Gasteiger partial charge is 0.316 e. The van der Waals surface area contributed by atoms with Crippen LogP contribution in [0.2, 0.25) is 0 Å². The number of nitrogens with zero attached hydrogens (tertiary/aromatic N) is 3. The Labute approximate surface area is 79.4 Å². The SMILES string of the molecule is CNC(Cc1ncnn1C)C(C)C. The highest BCUT2D eigenvalue weighted by molar-refractivity contribution is 4.89. The third kappa shape index (κ3) is 2.52. The van der Waals surface area contributed by atoms with Crippen LogP contribution in [0.3, 0.4) is 0 Å². The summed E-state index contributed by atoms with van der Waals surface area (Å²) in [5.41, 5.74) is 0. The maximum Gasteiger partial charge on any atom is 0.138 e. The highest BCUT2D eigenvalue weighted by atomic mass is 15.3. The van der Waals surface area contributed by atoms with Gasteiger partial charge in [0.05, 0.1) is 0 Å². The van der Waals surface area contributed by atoms with Gasteiger partial charge >= 0.3 is 0 Å². The Balaban J connectivity index is 2.62. The van der Waals surface area contributed by atoms with Crippen molar-refractivity contribution in [2.75, 3.05) is 7.05 Å². The smallest absolute Gasteiger partial charge is 0.138 e. The lowest BCUT2D eigenvalue weighted by Gasteiger charge is -2.19. The lowest BCUT2D eigenvalue weighted by atomic mass is 10.0. The molecule has 1 unspecified atom stereocenters. The van der Waals surface area contributed by atoms with Gasteiger partial charge in [-0.15, -0.1) is 0 Å². The summed E-state index contributed by atoms with van der Waals surface area (Å²) in [5, 5.41) is 7.33. The fourth-order valence-electron chi connectivity index (χ4n) is 1.37. The fourth-order valence-corrected chi connectivity index (χ4v) is 1.37. The summed E-state index contributed by atoms with van der Waals surface area (Å²) >= 11 is 0. The zero-order valence-electron chi connectivity index (χ0n) is 8.78. The van der Waals surface area contributed by atoms with E-state index >= 15 is 0 Å². The maximum atomic E-state index is 4.20. The molecule has 0 fully saturated rings. The van der Waals surface area contributed by atoms with Gasteiger partial charge in [-0.25, -0.2) is 4.98 Å². The summed E-state index contributed by atoms with van der Waals surface area (Å²) in [6, 6.07) is 0.475. The Kier molecular flexibility index (Phi) is 3.42. The van der Waals surface area contributed by atoms with E-state index in [1.54, 1.807) is 6.33 Å². The van der Waals surface area contributed by atoms with Gasteiger partial charge in [-0.1, -0.05) is 13.8 Å². The Bertz CT molecular complexity index is 254. The molecule has 0 aliphatic heterocycles. The molecule has 74 valence electrons. The number of hydrogen-bond acceptors (Lipinski definition) is 3. The van der Waals surface area contributed by atoms with Gasteiger partial charge in [-0.05, 0) is 13.0 Å². The van der Waals surface area contributed by atoms with Crippen LogP contribution in [0, 0.1) is 5.92 Å². The van der Waals surface area contributed by atoms with E-state index in [2.05, 4.69) is 29.2 Å². The van der Waals surface area contributed by atoms with Crippen molar-refractivity contribution >= 4 is 0 Å². The predicted octanol–water partition coefficient (Wildman–Crippen LogP) is 0.602. The molecule has 1 aromatic heterocycles. The summed E-state index contributed by atoms with van der Waals surface area (Å²) in [7, 11) is 3.91. The first-order valence-corrected chi connectivity index (χ1v) is 4.65. The molecule has 1 heterocycles. The van der Waals surface area contributed by atoms with Crippen molar-refractivity contribution in [3.8, 4) is 0 Å². The minimum absolute atomic E-state index is 0.475. The molecule has 1 rings (SSSR count). The van der Waals surface area contributed by atoms with Gasteiger partial charge in [0.15, 0.2) is 0 Å². The Morgan fingerprint density at radius 2 is 2.23 bits per heavy atom. The van der Waals surface area contributed by atoms with Crippen LogP contribution in [0.5, 0.6) is 0 Å². The topological polar surface area (TPSA) is 42.7 Å². The van der Waals surface area contributed by atoms with Crippen molar-refractivity contribution in [3.63, 3.8) is 0 Å². The van der Waals surface area contributed by atoms with Gasteiger partial charge < -0.3 is 5.32 Å². The van der Waals surface area contributed by atoms with Gasteiger partial charge in [-0.3, -0.25) is 4.68 Å². The van der Waals surface area contributed by atoms with Crippen LogP contribution in [0.1, 0.15) is 19.7 Å². The van der Waals surface area contributed by atoms with Crippen LogP contribution in [-0.2, 0) is 13.5 Å². The van der Waals surface area contributed by atoms with E-state index in [1.165, 1.54) is 0 Å². The zero-order chi connectivity index (χ0) is 9.84. The molecule has 0 radical (unpaired) electrons. The Hall–Kier alpha value is -0.900. The van der Waals surface area contributed by atoms with Gasteiger partial charge in [0.2, 0.25) is 0 Å². The van der Waals surface area contributed by atoms with Crippen molar-refractivity contribution in [1.82, 2.24) is 20.1 Å². The molecule has 0 aliphatic rings. The van der Waals surface area contributed by atoms with Crippen LogP contribution in [0.25, 0.3) is 0 Å². The Morgan fingerprint density at radius 3 is 2.62 bits per heavy atom. The molecule has 0 aromatic carbocycles. The van der Waals surface area contributed by atoms with Gasteiger partial charge in [0, 0.05) is 19.5 Å². The zero-order valence-corrected chi connectivity index (χ0v) is 8.78. The summed E-state index contributed by atoms with van der Waals surface area (Å²) in [4.78, 5) is 4.20. The lowest BCUT2D eigenvalue weighted by molar-refractivity contribution is 0.412. The normalized spacial score (nSPS) is 13.6. The molecule has 0 saturated carbocycles.